The molecule has 0 unspecified atom stereocenters. The Morgan fingerprint density at radius 1 is 1.09 bits per heavy atom. The van der Waals surface area contributed by atoms with E-state index >= 15 is 0 Å². The largest absolute Gasteiger partial charge is 0.497 e. The lowest BCUT2D eigenvalue weighted by Crippen LogP contribution is -2.28. The monoisotopic (exact) mass is 289 g/mol. The first-order valence-corrected chi connectivity index (χ1v) is 6.67. The van der Waals surface area contributed by atoms with Gasteiger partial charge in [0.05, 0.1) is 12.7 Å². The van der Waals surface area contributed by atoms with E-state index in [4.69, 9.17) is 4.74 Å². The molecule has 0 radical (unpaired) electrons. The van der Waals surface area contributed by atoms with E-state index in [0.29, 0.717) is 11.3 Å². The summed E-state index contributed by atoms with van der Waals surface area (Å²) in [7, 11) is 1.64. The van der Waals surface area contributed by atoms with Gasteiger partial charge < -0.3 is 9.72 Å². The number of hydrogen-bond acceptors (Lipinski definition) is 3. The zero-order chi connectivity index (χ0) is 14.9. The maximum Gasteiger partial charge on any atom is 0.219 e. The van der Waals surface area contributed by atoms with Crippen molar-refractivity contribution in [3.05, 3.63) is 60.2 Å². The maximum absolute atomic E-state index is 5.13. The highest BCUT2D eigenvalue weighted by atomic mass is 16.5. The van der Waals surface area contributed by atoms with Crippen molar-refractivity contribution in [1.82, 2.24) is 19.6 Å². The Kier molecular flexibility index (Phi) is 2.76. The van der Waals surface area contributed by atoms with E-state index in [1.165, 1.54) is 0 Å². The maximum atomic E-state index is 5.13. The summed E-state index contributed by atoms with van der Waals surface area (Å²) in [5, 5.41) is 4.34. The molecule has 106 valence electrons. The van der Waals surface area contributed by atoms with Gasteiger partial charge in [-0.05, 0) is 30.5 Å². The molecule has 3 heterocycles. The standard InChI is InChI=1S/C16H11N5O/c1-22-14-6-4-12(5-7-14)2-3-13-10-20-16-15(17-8-9-18-16)19-21(20)11-13/h4-11H,1H3. The van der Waals surface area contributed by atoms with Crippen LogP contribution in [0.3, 0.4) is 0 Å². The molecule has 3 aromatic heterocycles. The highest BCUT2D eigenvalue weighted by Crippen LogP contribution is 2.10. The summed E-state index contributed by atoms with van der Waals surface area (Å²) >= 11 is 0. The van der Waals surface area contributed by atoms with Crippen LogP contribution in [0.2, 0.25) is 0 Å². The second-order valence-electron chi connectivity index (χ2n) is 4.66. The van der Waals surface area contributed by atoms with Gasteiger partial charge in [-0.25, -0.2) is 4.98 Å². The summed E-state index contributed by atoms with van der Waals surface area (Å²) < 4.78 is 8.63. The fourth-order valence-corrected chi connectivity index (χ4v) is 2.18. The third-order valence-corrected chi connectivity index (χ3v) is 3.25. The molecule has 0 atom stereocenters. The van der Waals surface area contributed by atoms with Crippen molar-refractivity contribution >= 4 is 11.3 Å². The van der Waals surface area contributed by atoms with Gasteiger partial charge in [0.1, 0.15) is 11.4 Å². The Morgan fingerprint density at radius 3 is 2.68 bits per heavy atom. The Bertz CT molecular complexity index is 1020. The predicted octanol–water partition coefficient (Wildman–Crippen LogP) is 0.834. The molecule has 6 heteroatoms. The van der Waals surface area contributed by atoms with Crippen molar-refractivity contribution in [3.63, 3.8) is 0 Å². The van der Waals surface area contributed by atoms with Crippen LogP contribution in [0.1, 0.15) is 11.1 Å². The fraction of sp³-hybridized carbons (Fsp3) is 0.0625. The summed E-state index contributed by atoms with van der Waals surface area (Å²) in [6, 6.07) is 7.63. The first-order valence-electron chi connectivity index (χ1n) is 6.67. The van der Waals surface area contributed by atoms with E-state index in [9.17, 15) is 0 Å². The normalized spacial score (nSPS) is 10.6. The number of nitrogens with zero attached hydrogens (tertiary/aromatic N) is 5. The highest BCUT2D eigenvalue weighted by Gasteiger charge is 2.07. The molecule has 0 aliphatic carbocycles. The molecule has 6 nitrogen and oxygen atoms in total. The molecule has 1 aromatic carbocycles. The first kappa shape index (κ1) is 12.4. The van der Waals surface area contributed by atoms with Crippen molar-refractivity contribution in [2.24, 2.45) is 0 Å². The quantitative estimate of drug-likeness (QED) is 0.385. The van der Waals surface area contributed by atoms with Crippen LogP contribution in [-0.4, -0.2) is 21.6 Å². The number of benzene rings is 1. The molecule has 4 aromatic rings. The van der Waals surface area contributed by atoms with Crippen molar-refractivity contribution in [3.8, 4) is 17.6 Å². The summed E-state index contributed by atoms with van der Waals surface area (Å²) in [5.41, 5.74) is 3.10. The molecular formula is C16H11N5O. The van der Waals surface area contributed by atoms with Crippen molar-refractivity contribution in [2.45, 2.75) is 0 Å². The minimum absolute atomic E-state index is 0.608. The van der Waals surface area contributed by atoms with Gasteiger partial charge in [0.2, 0.25) is 6.20 Å². The minimum atomic E-state index is 0.608. The fourth-order valence-electron chi connectivity index (χ4n) is 2.18. The average molecular weight is 289 g/mol. The topological polar surface area (TPSA) is 57.6 Å². The van der Waals surface area contributed by atoms with Gasteiger partial charge in [-0.3, -0.25) is 0 Å². The van der Waals surface area contributed by atoms with Crippen LogP contribution in [-0.2, 0) is 0 Å². The van der Waals surface area contributed by atoms with Crippen LogP contribution >= 0.6 is 0 Å². The van der Waals surface area contributed by atoms with Crippen LogP contribution in [0, 0.1) is 11.8 Å². The van der Waals surface area contributed by atoms with E-state index in [1.54, 1.807) is 24.1 Å². The third kappa shape index (κ3) is 2.05. The van der Waals surface area contributed by atoms with Gasteiger partial charge >= 0.3 is 0 Å². The van der Waals surface area contributed by atoms with E-state index in [2.05, 4.69) is 26.9 Å². The SMILES string of the molecule is COc1ccc(C#Cc2cn3c4nccnc4[n-][n+]3c2)cc1. The lowest BCUT2D eigenvalue weighted by Gasteiger charge is -1.97. The van der Waals surface area contributed by atoms with Gasteiger partial charge in [-0.1, -0.05) is 16.5 Å². The number of hydrogen-bond donors (Lipinski definition) is 0. The average Bonchev–Trinajstić information content (AvgIpc) is 3.10. The Labute approximate surface area is 126 Å². The Morgan fingerprint density at radius 2 is 1.86 bits per heavy atom. The van der Waals surface area contributed by atoms with Crippen molar-refractivity contribution in [1.29, 1.82) is 0 Å². The molecule has 0 saturated heterocycles. The number of aromatic nitrogens is 5. The van der Waals surface area contributed by atoms with E-state index in [1.807, 2.05) is 41.2 Å². The van der Waals surface area contributed by atoms with Crippen molar-refractivity contribution in [2.75, 3.05) is 7.11 Å². The highest BCUT2D eigenvalue weighted by molar-refractivity contribution is 5.62. The molecule has 0 aliphatic heterocycles. The lowest BCUT2D eigenvalue weighted by molar-refractivity contribution is -0.674. The Balaban J connectivity index is 1.71. The van der Waals surface area contributed by atoms with E-state index in [-0.39, 0.29) is 0 Å². The zero-order valence-electron chi connectivity index (χ0n) is 11.8. The summed E-state index contributed by atoms with van der Waals surface area (Å²) in [6.45, 7) is 0. The second-order valence-corrected chi connectivity index (χ2v) is 4.66. The molecule has 4 rings (SSSR count). The van der Waals surface area contributed by atoms with E-state index in [0.717, 1.165) is 16.9 Å². The van der Waals surface area contributed by atoms with Crippen molar-refractivity contribution < 1.29 is 9.37 Å². The first-order chi connectivity index (χ1) is 10.8. The number of fused-ring (bicyclic) bond motifs is 3. The minimum Gasteiger partial charge on any atom is -0.497 e. The van der Waals surface area contributed by atoms with Crippen LogP contribution < -0.4 is 14.5 Å². The second kappa shape index (κ2) is 4.90. The molecule has 0 amide bonds. The van der Waals surface area contributed by atoms with Gasteiger partial charge in [-0.15, -0.1) is 5.10 Å². The van der Waals surface area contributed by atoms with Gasteiger partial charge in [0, 0.05) is 18.0 Å². The molecule has 0 aliphatic rings. The zero-order valence-corrected chi connectivity index (χ0v) is 11.8. The summed E-state index contributed by atoms with van der Waals surface area (Å²) in [5.74, 6) is 7.05. The molecule has 22 heavy (non-hydrogen) atoms. The smallest absolute Gasteiger partial charge is 0.219 e. The molecule has 0 bridgehead atoms. The van der Waals surface area contributed by atoms with Gasteiger partial charge in [0.15, 0.2) is 5.65 Å². The lowest BCUT2D eigenvalue weighted by atomic mass is 10.2. The molecule has 0 N–H and O–H groups in total. The number of ether oxygens (including phenoxy) is 1. The van der Waals surface area contributed by atoms with Gasteiger partial charge in [-0.2, -0.15) is 4.52 Å². The van der Waals surface area contributed by atoms with E-state index < -0.39 is 0 Å². The Hall–Kier alpha value is -3.33. The molecule has 0 spiro atoms. The predicted molar refractivity (Wildman–Crippen MR) is 78.4 cm³/mol. The summed E-state index contributed by atoms with van der Waals surface area (Å²) in [4.78, 5) is 8.44. The van der Waals surface area contributed by atoms with Crippen LogP contribution in [0.15, 0.2) is 49.1 Å². The number of methoxy groups -OCH3 is 1. The molecule has 0 fully saturated rings. The number of rotatable bonds is 1. The summed E-state index contributed by atoms with van der Waals surface area (Å²) in [6.07, 6.45) is 7.01. The molecular weight excluding hydrogens is 278 g/mol. The van der Waals surface area contributed by atoms with Crippen LogP contribution in [0.25, 0.3) is 11.3 Å². The van der Waals surface area contributed by atoms with Crippen LogP contribution in [0.5, 0.6) is 5.75 Å². The van der Waals surface area contributed by atoms with Crippen LogP contribution in [0.4, 0.5) is 0 Å². The molecule has 0 saturated carbocycles. The third-order valence-electron chi connectivity index (χ3n) is 3.25. The van der Waals surface area contributed by atoms with Gasteiger partial charge in [0.25, 0.3) is 0 Å².